The molecule has 2 aromatic carbocycles. The molecule has 6 nitrogen and oxygen atoms in total. The van der Waals surface area contributed by atoms with Crippen LogP contribution in [0.3, 0.4) is 0 Å². The quantitative estimate of drug-likeness (QED) is 0.650. The van der Waals surface area contributed by atoms with E-state index in [9.17, 15) is 22.8 Å². The Kier molecular flexibility index (Phi) is 5.16. The maximum Gasteiger partial charge on any atom is 0.573 e. The van der Waals surface area contributed by atoms with E-state index in [4.69, 9.17) is 5.73 Å². The number of nitrogens with one attached hydrogen (secondary N) is 1. The van der Waals surface area contributed by atoms with Crippen molar-refractivity contribution in [2.24, 2.45) is 0 Å². The number of benzene rings is 2. The number of carbonyl (C=O) groups excluding carboxylic acids is 2. The highest BCUT2D eigenvalue weighted by Gasteiger charge is 2.31. The number of ether oxygens (including phenoxy) is 2. The lowest BCUT2D eigenvalue weighted by atomic mass is 10.1. The van der Waals surface area contributed by atoms with Gasteiger partial charge in [0.2, 0.25) is 0 Å². The van der Waals surface area contributed by atoms with E-state index in [1.165, 1.54) is 25.3 Å². The highest BCUT2D eigenvalue weighted by Crippen LogP contribution is 2.24. The van der Waals surface area contributed by atoms with Crippen LogP contribution < -0.4 is 15.8 Å². The summed E-state index contributed by atoms with van der Waals surface area (Å²) in [5, 5.41) is 2.47. The summed E-state index contributed by atoms with van der Waals surface area (Å²) >= 11 is 0. The SMILES string of the molecule is COC(=O)c1ccc(N)cc1NC(=O)c1ccc(OC(F)(F)F)cc1. The van der Waals surface area contributed by atoms with Crippen LogP contribution in [-0.2, 0) is 4.74 Å². The van der Waals surface area contributed by atoms with E-state index >= 15 is 0 Å². The van der Waals surface area contributed by atoms with Crippen LogP contribution in [0.1, 0.15) is 20.7 Å². The summed E-state index contributed by atoms with van der Waals surface area (Å²) in [5.74, 6) is -1.78. The van der Waals surface area contributed by atoms with Crippen LogP contribution >= 0.6 is 0 Å². The van der Waals surface area contributed by atoms with E-state index in [1.807, 2.05) is 0 Å². The molecular formula is C16H13F3N2O4. The third kappa shape index (κ3) is 4.87. The van der Waals surface area contributed by atoms with Crippen LogP contribution in [0.5, 0.6) is 5.75 Å². The van der Waals surface area contributed by atoms with Crippen molar-refractivity contribution >= 4 is 23.3 Å². The summed E-state index contributed by atoms with van der Waals surface area (Å²) in [4.78, 5) is 23.9. The molecule has 0 saturated carbocycles. The van der Waals surface area contributed by atoms with Crippen LogP contribution in [0.2, 0.25) is 0 Å². The summed E-state index contributed by atoms with van der Waals surface area (Å²) in [5.41, 5.74) is 6.20. The van der Waals surface area contributed by atoms with Gasteiger partial charge in [-0.25, -0.2) is 4.79 Å². The molecule has 3 N–H and O–H groups in total. The van der Waals surface area contributed by atoms with E-state index in [1.54, 1.807) is 0 Å². The molecule has 0 radical (unpaired) electrons. The third-order valence-electron chi connectivity index (χ3n) is 3.05. The third-order valence-corrected chi connectivity index (χ3v) is 3.05. The molecular weight excluding hydrogens is 341 g/mol. The zero-order chi connectivity index (χ0) is 18.6. The molecule has 0 bridgehead atoms. The zero-order valence-corrected chi connectivity index (χ0v) is 12.9. The van der Waals surface area contributed by atoms with Crippen molar-refractivity contribution in [3.63, 3.8) is 0 Å². The molecule has 2 aromatic rings. The summed E-state index contributed by atoms with van der Waals surface area (Å²) in [6, 6.07) is 8.53. The van der Waals surface area contributed by atoms with Gasteiger partial charge in [-0.1, -0.05) is 0 Å². The van der Waals surface area contributed by atoms with Gasteiger partial charge in [-0.05, 0) is 42.5 Å². The van der Waals surface area contributed by atoms with Crippen LogP contribution in [-0.4, -0.2) is 25.3 Å². The van der Waals surface area contributed by atoms with Crippen molar-refractivity contribution in [3.8, 4) is 5.75 Å². The fourth-order valence-electron chi connectivity index (χ4n) is 1.96. The molecule has 0 fully saturated rings. The highest BCUT2D eigenvalue weighted by atomic mass is 19.4. The van der Waals surface area contributed by atoms with E-state index in [0.717, 1.165) is 24.3 Å². The Hall–Kier alpha value is -3.23. The fourth-order valence-corrected chi connectivity index (χ4v) is 1.96. The van der Waals surface area contributed by atoms with E-state index in [-0.39, 0.29) is 16.8 Å². The van der Waals surface area contributed by atoms with Crippen LogP contribution in [0.15, 0.2) is 42.5 Å². The fraction of sp³-hybridized carbons (Fsp3) is 0.125. The zero-order valence-electron chi connectivity index (χ0n) is 12.9. The predicted octanol–water partition coefficient (Wildman–Crippen LogP) is 3.21. The second kappa shape index (κ2) is 7.12. The summed E-state index contributed by atoms with van der Waals surface area (Å²) < 4.78 is 44.7. The molecule has 0 heterocycles. The molecule has 0 aliphatic heterocycles. The van der Waals surface area contributed by atoms with E-state index in [2.05, 4.69) is 14.8 Å². The van der Waals surface area contributed by atoms with E-state index in [0.29, 0.717) is 5.69 Å². The number of methoxy groups -OCH3 is 1. The Bertz CT molecular complexity index is 789. The molecule has 0 aliphatic carbocycles. The minimum absolute atomic E-state index is 0.0627. The molecule has 9 heteroatoms. The van der Waals surface area contributed by atoms with Crippen LogP contribution in [0.4, 0.5) is 24.5 Å². The highest BCUT2D eigenvalue weighted by molar-refractivity contribution is 6.08. The van der Waals surface area contributed by atoms with Gasteiger partial charge in [-0.15, -0.1) is 13.2 Å². The smallest absolute Gasteiger partial charge is 0.465 e. The first-order valence-electron chi connectivity index (χ1n) is 6.84. The first-order valence-corrected chi connectivity index (χ1v) is 6.84. The van der Waals surface area contributed by atoms with Crippen molar-refractivity contribution in [2.75, 3.05) is 18.2 Å². The number of amides is 1. The second-order valence-corrected chi connectivity index (χ2v) is 4.82. The largest absolute Gasteiger partial charge is 0.573 e. The maximum absolute atomic E-state index is 12.2. The van der Waals surface area contributed by atoms with Gasteiger partial charge in [0.15, 0.2) is 0 Å². The van der Waals surface area contributed by atoms with Gasteiger partial charge in [0.05, 0.1) is 18.4 Å². The molecule has 2 rings (SSSR count). The van der Waals surface area contributed by atoms with Crippen molar-refractivity contribution in [1.29, 1.82) is 0 Å². The van der Waals surface area contributed by atoms with Crippen molar-refractivity contribution < 1.29 is 32.2 Å². The van der Waals surface area contributed by atoms with Gasteiger partial charge in [0.1, 0.15) is 5.75 Å². The molecule has 0 spiro atoms. The number of carbonyl (C=O) groups is 2. The summed E-state index contributed by atoms with van der Waals surface area (Å²) in [7, 11) is 1.18. The minimum Gasteiger partial charge on any atom is -0.465 e. The van der Waals surface area contributed by atoms with Crippen LogP contribution in [0, 0.1) is 0 Å². The molecule has 0 unspecified atom stereocenters. The van der Waals surface area contributed by atoms with Gasteiger partial charge in [-0.3, -0.25) is 4.79 Å². The average Bonchev–Trinajstić information content (AvgIpc) is 2.53. The predicted molar refractivity (Wildman–Crippen MR) is 83.3 cm³/mol. The lowest BCUT2D eigenvalue weighted by Gasteiger charge is -2.12. The number of nitrogen functional groups attached to an aromatic ring is 1. The molecule has 25 heavy (non-hydrogen) atoms. The Labute approximate surface area is 140 Å². The molecule has 0 aromatic heterocycles. The Balaban J connectivity index is 2.20. The average molecular weight is 354 g/mol. The number of nitrogens with two attached hydrogens (primary N) is 1. The van der Waals surface area contributed by atoms with Crippen molar-refractivity contribution in [3.05, 3.63) is 53.6 Å². The molecule has 1 amide bonds. The number of anilines is 2. The number of rotatable bonds is 4. The normalized spacial score (nSPS) is 10.9. The molecule has 0 aliphatic rings. The van der Waals surface area contributed by atoms with Gasteiger partial charge in [0.25, 0.3) is 5.91 Å². The number of esters is 1. The standard InChI is InChI=1S/C16H13F3N2O4/c1-24-15(23)12-7-4-10(20)8-13(12)21-14(22)9-2-5-11(6-3-9)25-16(17,18)19/h2-8H,20H2,1H3,(H,21,22). The Morgan fingerprint density at radius 2 is 1.72 bits per heavy atom. The molecule has 132 valence electrons. The lowest BCUT2D eigenvalue weighted by Crippen LogP contribution is -2.18. The lowest BCUT2D eigenvalue weighted by molar-refractivity contribution is -0.274. The molecule has 0 saturated heterocycles. The number of halogens is 3. The first-order chi connectivity index (χ1) is 11.7. The number of hydrogen-bond acceptors (Lipinski definition) is 5. The molecule has 0 atom stereocenters. The Morgan fingerprint density at radius 1 is 1.08 bits per heavy atom. The summed E-state index contributed by atoms with van der Waals surface area (Å²) in [6.45, 7) is 0. The maximum atomic E-state index is 12.2. The first kappa shape index (κ1) is 18.1. The summed E-state index contributed by atoms with van der Waals surface area (Å²) in [6.07, 6.45) is -4.82. The van der Waals surface area contributed by atoms with Gasteiger partial charge >= 0.3 is 12.3 Å². The van der Waals surface area contributed by atoms with Gasteiger partial charge in [-0.2, -0.15) is 0 Å². The minimum atomic E-state index is -4.82. The van der Waals surface area contributed by atoms with Gasteiger partial charge < -0.3 is 20.5 Å². The van der Waals surface area contributed by atoms with Crippen molar-refractivity contribution in [2.45, 2.75) is 6.36 Å². The Morgan fingerprint density at radius 3 is 2.28 bits per heavy atom. The number of alkyl halides is 3. The van der Waals surface area contributed by atoms with E-state index < -0.39 is 24.0 Å². The second-order valence-electron chi connectivity index (χ2n) is 4.82. The van der Waals surface area contributed by atoms with Crippen molar-refractivity contribution in [1.82, 2.24) is 0 Å². The number of hydrogen-bond donors (Lipinski definition) is 2. The topological polar surface area (TPSA) is 90.6 Å². The van der Waals surface area contributed by atoms with Crippen LogP contribution in [0.25, 0.3) is 0 Å². The monoisotopic (exact) mass is 354 g/mol. The van der Waals surface area contributed by atoms with Gasteiger partial charge in [0, 0.05) is 11.3 Å².